The predicted molar refractivity (Wildman–Crippen MR) is 151 cm³/mol. The van der Waals surface area contributed by atoms with Gasteiger partial charge in [0, 0.05) is 26.6 Å². The zero-order valence-electron chi connectivity index (χ0n) is 20.2. The van der Waals surface area contributed by atoms with Gasteiger partial charge >= 0.3 is 5.63 Å². The zero-order valence-corrected chi connectivity index (χ0v) is 23.2. The Labute approximate surface area is 225 Å². The van der Waals surface area contributed by atoms with Gasteiger partial charge in [-0.3, -0.25) is 9.52 Å². The molecule has 1 fully saturated rings. The lowest BCUT2D eigenvalue weighted by atomic mass is 9.99. The first kappa shape index (κ1) is 25.5. The van der Waals surface area contributed by atoms with Crippen LogP contribution < -0.4 is 21.2 Å². The van der Waals surface area contributed by atoms with Crippen molar-refractivity contribution in [1.29, 1.82) is 0 Å². The number of pyridine rings is 1. The van der Waals surface area contributed by atoms with E-state index in [0.29, 0.717) is 26.1 Å². The van der Waals surface area contributed by atoms with E-state index in [-0.39, 0.29) is 39.5 Å². The largest absolute Gasteiger partial charge is 0.421 e. The lowest BCUT2D eigenvalue weighted by Gasteiger charge is -2.19. The van der Waals surface area contributed by atoms with Crippen LogP contribution in [-0.4, -0.2) is 19.2 Å². The number of hydrogen-bond acceptors (Lipinski definition) is 6. The first-order valence-electron chi connectivity index (χ1n) is 11.5. The molecular weight excluding hydrogens is 612 g/mol. The van der Waals surface area contributed by atoms with E-state index in [1.165, 1.54) is 13.0 Å². The Morgan fingerprint density at radius 1 is 1.11 bits per heavy atom. The number of hydrogen-bond donors (Lipinski definition) is 2. The molecule has 8 nitrogen and oxygen atoms in total. The van der Waals surface area contributed by atoms with Crippen molar-refractivity contribution in [3.8, 4) is 11.1 Å². The van der Waals surface area contributed by atoms with Crippen LogP contribution in [0, 0.1) is 23.2 Å². The summed E-state index contributed by atoms with van der Waals surface area (Å²) in [7, 11) is -3.53. The van der Waals surface area contributed by atoms with Gasteiger partial charge in [0.25, 0.3) is 5.56 Å². The second-order valence-electron chi connectivity index (χ2n) is 9.16. The van der Waals surface area contributed by atoms with Crippen molar-refractivity contribution in [3.05, 3.63) is 83.9 Å². The number of aromatic nitrogens is 1. The van der Waals surface area contributed by atoms with Gasteiger partial charge in [-0.25, -0.2) is 17.6 Å². The van der Waals surface area contributed by atoms with Crippen LogP contribution in [0.2, 0.25) is 0 Å². The minimum Gasteiger partial charge on any atom is -0.421 e. The smallest absolute Gasteiger partial charge is 0.341 e. The number of fused-ring (bicyclic) bond motifs is 1. The summed E-state index contributed by atoms with van der Waals surface area (Å²) in [5, 5.41) is 3.10. The highest BCUT2D eigenvalue weighted by Gasteiger charge is 2.31. The van der Waals surface area contributed by atoms with E-state index in [1.807, 2.05) is 22.6 Å². The number of sulfonamides is 1. The molecule has 5 rings (SSSR count). The third-order valence-electron chi connectivity index (χ3n) is 6.29. The number of rotatable bonds is 6. The molecule has 2 N–H and O–H groups in total. The second kappa shape index (κ2) is 9.28. The predicted octanol–water partition coefficient (Wildman–Crippen LogP) is 5.43. The number of nitrogens with zero attached hydrogens (tertiary/aromatic N) is 1. The Balaban J connectivity index is 1.84. The van der Waals surface area contributed by atoms with E-state index in [1.54, 1.807) is 47.9 Å². The lowest BCUT2D eigenvalue weighted by Crippen LogP contribution is -2.25. The summed E-state index contributed by atoms with van der Waals surface area (Å²) in [6.07, 6.45) is 2.70. The summed E-state index contributed by atoms with van der Waals surface area (Å²) in [6.45, 7) is 3.30. The first-order valence-corrected chi connectivity index (χ1v) is 14.4. The van der Waals surface area contributed by atoms with E-state index >= 15 is 0 Å². The van der Waals surface area contributed by atoms with E-state index in [0.717, 1.165) is 19.1 Å². The Bertz CT molecular complexity index is 1810. The third kappa shape index (κ3) is 4.89. The Morgan fingerprint density at radius 2 is 1.84 bits per heavy atom. The van der Waals surface area contributed by atoms with Crippen LogP contribution in [-0.2, 0) is 10.0 Å². The van der Waals surface area contributed by atoms with Crippen molar-refractivity contribution in [2.75, 3.05) is 16.3 Å². The van der Waals surface area contributed by atoms with Crippen molar-refractivity contribution in [2.45, 2.75) is 32.7 Å². The first-order chi connectivity index (χ1) is 17.4. The molecule has 0 saturated heterocycles. The number of halogens is 2. The number of nitrogens with one attached hydrogen (secondary N) is 2. The van der Waals surface area contributed by atoms with Gasteiger partial charge in [0.05, 0.1) is 23.2 Å². The highest BCUT2D eigenvalue weighted by molar-refractivity contribution is 14.1. The molecule has 2 aromatic carbocycles. The maximum Gasteiger partial charge on any atom is 0.341 e. The molecule has 1 aliphatic rings. The van der Waals surface area contributed by atoms with Gasteiger partial charge in [-0.2, -0.15) is 0 Å². The normalized spacial score (nSPS) is 13.6. The maximum absolute atomic E-state index is 14.8. The molecule has 1 saturated carbocycles. The van der Waals surface area contributed by atoms with Crippen molar-refractivity contribution < 1.29 is 17.2 Å². The van der Waals surface area contributed by atoms with Crippen LogP contribution >= 0.6 is 22.6 Å². The lowest BCUT2D eigenvalue weighted by molar-refractivity contribution is 0.553. The van der Waals surface area contributed by atoms with Gasteiger partial charge in [0.2, 0.25) is 10.0 Å². The van der Waals surface area contributed by atoms with Crippen LogP contribution in [0.1, 0.15) is 30.1 Å². The van der Waals surface area contributed by atoms with Crippen molar-refractivity contribution in [2.24, 2.45) is 0 Å². The van der Waals surface area contributed by atoms with E-state index < -0.39 is 21.5 Å². The van der Waals surface area contributed by atoms with Crippen LogP contribution in [0.5, 0.6) is 0 Å². The van der Waals surface area contributed by atoms with Gasteiger partial charge in [-0.1, -0.05) is 12.1 Å². The monoisotopic (exact) mass is 635 g/mol. The van der Waals surface area contributed by atoms with Crippen LogP contribution in [0.25, 0.3) is 22.1 Å². The molecule has 1 aliphatic carbocycles. The Morgan fingerprint density at radius 3 is 2.49 bits per heavy atom. The molecule has 0 aliphatic heterocycles. The molecule has 0 unspecified atom stereocenters. The molecule has 4 aromatic rings. The summed E-state index contributed by atoms with van der Waals surface area (Å²) >= 11 is 2.00. The minimum absolute atomic E-state index is 0.0110. The molecule has 0 spiro atoms. The molecule has 11 heteroatoms. The molecular formula is C26H23FIN3O5S. The van der Waals surface area contributed by atoms with Gasteiger partial charge in [-0.05, 0) is 85.2 Å². The number of anilines is 3. The van der Waals surface area contributed by atoms with E-state index in [2.05, 4.69) is 10.0 Å². The SMILES string of the molecule is Cc1c(Nc2ccc(I)cc2F)c2c(=O)n(C3CC3)c(C)c(-c3cccc(NS(C)(=O)=O)c3)c2oc1=O. The van der Waals surface area contributed by atoms with Gasteiger partial charge in [0.1, 0.15) is 11.2 Å². The minimum atomic E-state index is -3.53. The molecule has 0 atom stereocenters. The molecule has 2 heterocycles. The van der Waals surface area contributed by atoms with Crippen molar-refractivity contribution in [3.63, 3.8) is 0 Å². The maximum atomic E-state index is 14.8. The number of benzene rings is 2. The quantitative estimate of drug-likeness (QED) is 0.274. The van der Waals surface area contributed by atoms with Crippen LogP contribution in [0.4, 0.5) is 21.5 Å². The highest BCUT2D eigenvalue weighted by atomic mass is 127. The molecule has 2 aromatic heterocycles. The van der Waals surface area contributed by atoms with E-state index in [4.69, 9.17) is 4.42 Å². The van der Waals surface area contributed by atoms with Crippen LogP contribution in [0.3, 0.4) is 0 Å². The summed E-state index contributed by atoms with van der Waals surface area (Å²) in [4.78, 5) is 26.8. The molecule has 0 bridgehead atoms. The fraction of sp³-hybridized carbons (Fsp3) is 0.231. The standard InChI is InChI=1S/C26H23FIN3O5S/c1-13-23(29-20-10-7-16(28)12-19(20)27)22-24(36-26(13)33)21(14(2)31(25(22)32)18-8-9-18)15-5-4-6-17(11-15)30-37(3,34)35/h4-7,10-12,18,29-30H,8-9H2,1-3H3. The Hall–Kier alpha value is -3.19. The topological polar surface area (TPSA) is 110 Å². The Kier molecular flexibility index (Phi) is 6.39. The average molecular weight is 635 g/mol. The molecule has 192 valence electrons. The second-order valence-corrected chi connectivity index (χ2v) is 12.2. The summed E-state index contributed by atoms with van der Waals surface area (Å²) in [6, 6.07) is 11.3. The van der Waals surface area contributed by atoms with Gasteiger partial charge < -0.3 is 14.3 Å². The van der Waals surface area contributed by atoms with Crippen molar-refractivity contribution >= 4 is 60.6 Å². The van der Waals surface area contributed by atoms with Gasteiger partial charge in [-0.15, -0.1) is 0 Å². The van der Waals surface area contributed by atoms with Crippen molar-refractivity contribution in [1.82, 2.24) is 4.57 Å². The highest BCUT2D eigenvalue weighted by Crippen LogP contribution is 2.41. The summed E-state index contributed by atoms with van der Waals surface area (Å²) < 4.78 is 49.0. The van der Waals surface area contributed by atoms with Crippen LogP contribution in [0.15, 0.2) is 56.5 Å². The summed E-state index contributed by atoms with van der Waals surface area (Å²) in [5.41, 5.74) is 1.45. The molecule has 37 heavy (non-hydrogen) atoms. The zero-order chi connectivity index (χ0) is 26.6. The molecule has 0 radical (unpaired) electrons. The fourth-order valence-electron chi connectivity index (χ4n) is 4.51. The average Bonchev–Trinajstić information content (AvgIpc) is 3.63. The van der Waals surface area contributed by atoms with Gasteiger partial charge in [0.15, 0.2) is 5.58 Å². The third-order valence-corrected chi connectivity index (χ3v) is 7.57. The summed E-state index contributed by atoms with van der Waals surface area (Å²) in [5.74, 6) is -0.526. The molecule has 0 amide bonds. The van der Waals surface area contributed by atoms with E-state index in [9.17, 15) is 22.4 Å². The fourth-order valence-corrected chi connectivity index (χ4v) is 5.52.